The molecule has 22 heavy (non-hydrogen) atoms. The first-order valence-corrected chi connectivity index (χ1v) is 6.93. The van der Waals surface area contributed by atoms with Gasteiger partial charge in [0.25, 0.3) is 0 Å². The smallest absolute Gasteiger partial charge is 0.319 e. The molecule has 0 saturated carbocycles. The number of rotatable bonds is 6. The third-order valence-corrected chi connectivity index (χ3v) is 3.36. The third kappa shape index (κ3) is 4.06. The zero-order chi connectivity index (χ0) is 16.1. The molecule has 7 nitrogen and oxygen atoms in total. The molecule has 0 fully saturated rings. The van der Waals surface area contributed by atoms with E-state index in [9.17, 15) is 9.59 Å². The fraction of sp³-hybridized carbons (Fsp3) is 0.333. The summed E-state index contributed by atoms with van der Waals surface area (Å²) < 4.78 is 0. The van der Waals surface area contributed by atoms with Crippen LogP contribution in [0.3, 0.4) is 0 Å². The molecule has 0 saturated heterocycles. The first-order valence-electron chi connectivity index (χ1n) is 6.93. The Hall–Kier alpha value is -2.38. The van der Waals surface area contributed by atoms with E-state index >= 15 is 0 Å². The minimum absolute atomic E-state index is 0.0496. The Morgan fingerprint density at radius 1 is 1.55 bits per heavy atom. The maximum atomic E-state index is 11.8. The van der Waals surface area contributed by atoms with Gasteiger partial charge in [-0.05, 0) is 36.6 Å². The summed E-state index contributed by atoms with van der Waals surface area (Å²) in [4.78, 5) is 27.3. The lowest BCUT2D eigenvalue weighted by atomic mass is 10.1. The number of anilines is 2. The third-order valence-electron chi connectivity index (χ3n) is 3.36. The van der Waals surface area contributed by atoms with Gasteiger partial charge in [0.1, 0.15) is 6.10 Å². The van der Waals surface area contributed by atoms with Gasteiger partial charge in [-0.1, -0.05) is 12.6 Å². The molecule has 0 radical (unpaired) electrons. The van der Waals surface area contributed by atoms with Crippen LogP contribution in [0.25, 0.3) is 0 Å². The molecule has 1 aliphatic heterocycles. The van der Waals surface area contributed by atoms with E-state index in [2.05, 4.69) is 27.4 Å². The molecule has 3 amide bonds. The Kier molecular flexibility index (Phi) is 5.13. The number of carbonyl (C=O) groups excluding carboxylic acids is 2. The molecule has 118 valence electrons. The Balaban J connectivity index is 1.82. The van der Waals surface area contributed by atoms with Crippen LogP contribution in [0.2, 0.25) is 0 Å². The molecule has 2 rings (SSSR count). The van der Waals surface area contributed by atoms with Gasteiger partial charge in [-0.3, -0.25) is 10.1 Å². The predicted molar refractivity (Wildman–Crippen MR) is 82.7 cm³/mol. The van der Waals surface area contributed by atoms with Gasteiger partial charge >= 0.3 is 6.03 Å². The molecule has 0 aliphatic carbocycles. The van der Waals surface area contributed by atoms with Crippen LogP contribution in [0.5, 0.6) is 0 Å². The summed E-state index contributed by atoms with van der Waals surface area (Å²) in [5.41, 5.74) is 2.91. The molecule has 4 N–H and O–H groups in total. The van der Waals surface area contributed by atoms with Gasteiger partial charge in [0.15, 0.2) is 0 Å². The van der Waals surface area contributed by atoms with E-state index in [1.54, 1.807) is 25.1 Å². The summed E-state index contributed by atoms with van der Waals surface area (Å²) in [7, 11) is 0. The van der Waals surface area contributed by atoms with Crippen molar-refractivity contribution in [2.75, 3.05) is 17.2 Å². The lowest BCUT2D eigenvalue weighted by Crippen LogP contribution is -2.31. The summed E-state index contributed by atoms with van der Waals surface area (Å²) in [6.07, 6.45) is 0.278. The molecule has 7 heteroatoms. The Labute approximate surface area is 128 Å². The van der Waals surface area contributed by atoms with E-state index in [4.69, 9.17) is 5.26 Å². The lowest BCUT2D eigenvalue weighted by Gasteiger charge is -2.14. The molecule has 1 aromatic carbocycles. The average molecular weight is 305 g/mol. The van der Waals surface area contributed by atoms with Crippen molar-refractivity contribution in [3.8, 4) is 0 Å². The molecule has 0 bridgehead atoms. The van der Waals surface area contributed by atoms with E-state index in [1.807, 2.05) is 0 Å². The molecule has 1 unspecified atom stereocenters. The first-order chi connectivity index (χ1) is 10.5. The maximum Gasteiger partial charge on any atom is 0.319 e. The highest BCUT2D eigenvalue weighted by molar-refractivity contribution is 6.00. The molecular formula is C15H19N3O4. The van der Waals surface area contributed by atoms with Crippen LogP contribution in [0.1, 0.15) is 18.9 Å². The number of benzene rings is 1. The zero-order valence-electron chi connectivity index (χ0n) is 12.3. The fourth-order valence-corrected chi connectivity index (χ4v) is 2.17. The summed E-state index contributed by atoms with van der Waals surface area (Å²) in [6.45, 7) is 5.74. The number of nitrogens with one attached hydrogen (secondary N) is 3. The number of fused-ring (bicyclic) bond motifs is 1. The van der Waals surface area contributed by atoms with Gasteiger partial charge in [0.05, 0.1) is 6.42 Å². The molecule has 1 atom stereocenters. The van der Waals surface area contributed by atoms with Gasteiger partial charge in [-0.15, -0.1) is 0 Å². The van der Waals surface area contributed by atoms with Crippen LogP contribution in [0.15, 0.2) is 30.4 Å². The van der Waals surface area contributed by atoms with Gasteiger partial charge in [-0.25, -0.2) is 9.68 Å². The van der Waals surface area contributed by atoms with Crippen molar-refractivity contribution in [2.24, 2.45) is 0 Å². The van der Waals surface area contributed by atoms with Crippen molar-refractivity contribution in [3.05, 3.63) is 35.9 Å². The minimum Gasteiger partial charge on any atom is -0.338 e. The number of hydrogen-bond donors (Lipinski definition) is 4. The standard InChI is InChI=1S/C15H19N3O4/c1-9(2)13(22-21)5-6-16-15(20)17-11-4-3-10-7-14(19)18-12(10)8-11/h3-4,8,13,21H,1,5-7H2,2H3,(H,18,19)(H2,16,17,20). The monoisotopic (exact) mass is 305 g/mol. The summed E-state index contributed by atoms with van der Waals surface area (Å²) in [5.74, 6) is -0.0496. The number of carbonyl (C=O) groups is 2. The maximum absolute atomic E-state index is 11.8. The molecule has 1 aromatic rings. The largest absolute Gasteiger partial charge is 0.338 e. The Morgan fingerprint density at radius 2 is 2.32 bits per heavy atom. The van der Waals surface area contributed by atoms with E-state index < -0.39 is 6.10 Å². The second-order valence-electron chi connectivity index (χ2n) is 5.21. The Morgan fingerprint density at radius 3 is 3.00 bits per heavy atom. The molecule has 0 aromatic heterocycles. The van der Waals surface area contributed by atoms with Gasteiger partial charge in [0, 0.05) is 17.9 Å². The summed E-state index contributed by atoms with van der Waals surface area (Å²) in [6, 6.07) is 4.89. The van der Waals surface area contributed by atoms with Crippen molar-refractivity contribution in [1.29, 1.82) is 0 Å². The van der Waals surface area contributed by atoms with Crippen molar-refractivity contribution in [3.63, 3.8) is 0 Å². The van der Waals surface area contributed by atoms with E-state index in [1.165, 1.54) is 0 Å². The minimum atomic E-state index is -0.504. The van der Waals surface area contributed by atoms with Crippen LogP contribution < -0.4 is 16.0 Å². The van der Waals surface area contributed by atoms with E-state index in [0.717, 1.165) is 11.3 Å². The SMILES string of the molecule is C=C(C)C(CCNC(=O)Nc1ccc2c(c1)NC(=O)C2)OO. The summed E-state index contributed by atoms with van der Waals surface area (Å²) in [5, 5.41) is 16.7. The zero-order valence-corrected chi connectivity index (χ0v) is 12.3. The second kappa shape index (κ2) is 7.06. The highest BCUT2D eigenvalue weighted by Crippen LogP contribution is 2.26. The van der Waals surface area contributed by atoms with Crippen LogP contribution in [0, 0.1) is 0 Å². The van der Waals surface area contributed by atoms with Crippen LogP contribution in [0.4, 0.5) is 16.2 Å². The molecular weight excluding hydrogens is 286 g/mol. The quantitative estimate of drug-likeness (QED) is 0.367. The Bertz CT molecular complexity index is 600. The highest BCUT2D eigenvalue weighted by atomic mass is 17.1. The molecule has 1 heterocycles. The number of urea groups is 1. The van der Waals surface area contributed by atoms with E-state index in [-0.39, 0.29) is 11.9 Å². The first kappa shape index (κ1) is 16.0. The number of amides is 3. The van der Waals surface area contributed by atoms with Crippen LogP contribution in [-0.4, -0.2) is 29.8 Å². The van der Waals surface area contributed by atoms with Crippen molar-refractivity contribution < 1.29 is 19.7 Å². The van der Waals surface area contributed by atoms with Crippen molar-refractivity contribution in [2.45, 2.75) is 25.9 Å². The normalized spacial score (nSPS) is 14.0. The van der Waals surface area contributed by atoms with Gasteiger partial charge in [-0.2, -0.15) is 0 Å². The fourth-order valence-electron chi connectivity index (χ4n) is 2.17. The number of hydrogen-bond acceptors (Lipinski definition) is 4. The molecule has 1 aliphatic rings. The average Bonchev–Trinajstić information content (AvgIpc) is 2.82. The molecule has 0 spiro atoms. The summed E-state index contributed by atoms with van der Waals surface area (Å²) >= 11 is 0. The van der Waals surface area contributed by atoms with Gasteiger partial charge in [0.2, 0.25) is 5.91 Å². The van der Waals surface area contributed by atoms with Crippen LogP contribution >= 0.6 is 0 Å². The lowest BCUT2D eigenvalue weighted by molar-refractivity contribution is -0.269. The predicted octanol–water partition coefficient (Wildman–Crippen LogP) is 2.13. The van der Waals surface area contributed by atoms with Crippen molar-refractivity contribution in [1.82, 2.24) is 5.32 Å². The highest BCUT2D eigenvalue weighted by Gasteiger charge is 2.17. The topological polar surface area (TPSA) is 99.7 Å². The van der Waals surface area contributed by atoms with Crippen molar-refractivity contribution >= 4 is 23.3 Å². The second-order valence-corrected chi connectivity index (χ2v) is 5.21. The van der Waals surface area contributed by atoms with Gasteiger partial charge < -0.3 is 16.0 Å². The van der Waals surface area contributed by atoms with E-state index in [0.29, 0.717) is 30.6 Å². The van der Waals surface area contributed by atoms with Crippen LogP contribution in [-0.2, 0) is 16.1 Å².